The van der Waals surface area contributed by atoms with E-state index < -0.39 is 0 Å². The summed E-state index contributed by atoms with van der Waals surface area (Å²) in [6.07, 6.45) is 3.74. The molecule has 3 rings (SSSR count). The second-order valence-corrected chi connectivity index (χ2v) is 5.08. The smallest absolute Gasteiger partial charge is 0.228 e. The summed E-state index contributed by atoms with van der Waals surface area (Å²) in [5, 5.41) is 13.1. The van der Waals surface area contributed by atoms with E-state index in [4.69, 9.17) is 0 Å². The fourth-order valence-electron chi connectivity index (χ4n) is 2.50. The molecule has 2 aromatic rings. The van der Waals surface area contributed by atoms with Crippen molar-refractivity contribution in [1.29, 1.82) is 0 Å². The van der Waals surface area contributed by atoms with Crippen molar-refractivity contribution in [3.8, 4) is 11.3 Å². The van der Waals surface area contributed by atoms with Gasteiger partial charge in [0, 0.05) is 24.0 Å². The molecular weight excluding hydrogens is 288 g/mol. The van der Waals surface area contributed by atoms with Gasteiger partial charge in [-0.25, -0.2) is 0 Å². The minimum atomic E-state index is 0. The molecule has 6 heteroatoms. The summed E-state index contributed by atoms with van der Waals surface area (Å²) in [7, 11) is 0. The Morgan fingerprint density at radius 3 is 2.95 bits per heavy atom. The van der Waals surface area contributed by atoms with Gasteiger partial charge < -0.3 is 10.6 Å². The average molecular weight is 307 g/mol. The molecule has 21 heavy (non-hydrogen) atoms. The molecule has 0 saturated carbocycles. The van der Waals surface area contributed by atoms with Crippen LogP contribution in [-0.4, -0.2) is 29.2 Å². The van der Waals surface area contributed by atoms with E-state index in [1.807, 2.05) is 30.3 Å². The van der Waals surface area contributed by atoms with E-state index in [2.05, 4.69) is 20.8 Å². The van der Waals surface area contributed by atoms with E-state index in [1.165, 1.54) is 0 Å². The third-order valence-corrected chi connectivity index (χ3v) is 3.61. The van der Waals surface area contributed by atoms with E-state index >= 15 is 0 Å². The lowest BCUT2D eigenvalue weighted by molar-refractivity contribution is -0.120. The topological polar surface area (TPSA) is 69.8 Å². The maximum Gasteiger partial charge on any atom is 0.228 e. The van der Waals surface area contributed by atoms with Gasteiger partial charge in [0.1, 0.15) is 0 Å². The molecule has 1 fully saturated rings. The summed E-state index contributed by atoms with van der Waals surface area (Å²) in [6, 6.07) is 9.71. The van der Waals surface area contributed by atoms with Crippen molar-refractivity contribution < 1.29 is 4.79 Å². The number of aromatic amines is 1. The standard InChI is InChI=1S/C15H18N4O.ClH/c20-15(12-4-2-7-16-10-12)18-13-5-1-3-11(9-13)14-6-8-17-19-14;/h1,3,5-6,8-9,12,16H,2,4,7,10H2,(H,17,19)(H,18,20);1H. The molecule has 1 aliphatic rings. The van der Waals surface area contributed by atoms with Crippen LogP contribution < -0.4 is 10.6 Å². The Morgan fingerprint density at radius 1 is 1.33 bits per heavy atom. The van der Waals surface area contributed by atoms with Crippen molar-refractivity contribution in [3.05, 3.63) is 36.5 Å². The monoisotopic (exact) mass is 306 g/mol. The molecule has 3 N–H and O–H groups in total. The van der Waals surface area contributed by atoms with E-state index in [0.717, 1.165) is 42.9 Å². The van der Waals surface area contributed by atoms with Gasteiger partial charge in [-0.05, 0) is 37.6 Å². The Kier molecular flexibility index (Phi) is 5.36. The lowest BCUT2D eigenvalue weighted by Crippen LogP contribution is -2.37. The quantitative estimate of drug-likeness (QED) is 0.816. The molecule has 0 bridgehead atoms. The van der Waals surface area contributed by atoms with Crippen LogP contribution in [0.25, 0.3) is 11.3 Å². The van der Waals surface area contributed by atoms with Crippen LogP contribution in [0.5, 0.6) is 0 Å². The highest BCUT2D eigenvalue weighted by Crippen LogP contribution is 2.21. The summed E-state index contributed by atoms with van der Waals surface area (Å²) in [5.41, 5.74) is 2.79. The predicted octanol–water partition coefficient (Wildman–Crippen LogP) is 2.44. The molecule has 1 aliphatic heterocycles. The summed E-state index contributed by atoms with van der Waals surface area (Å²) in [5.74, 6) is 0.165. The number of benzene rings is 1. The molecule has 1 aromatic heterocycles. The van der Waals surface area contributed by atoms with E-state index in [-0.39, 0.29) is 24.2 Å². The van der Waals surface area contributed by atoms with Crippen molar-refractivity contribution in [2.45, 2.75) is 12.8 Å². The lowest BCUT2D eigenvalue weighted by Gasteiger charge is -2.22. The van der Waals surface area contributed by atoms with Gasteiger partial charge in [-0.1, -0.05) is 12.1 Å². The number of hydrogen-bond donors (Lipinski definition) is 3. The van der Waals surface area contributed by atoms with Gasteiger partial charge in [-0.2, -0.15) is 5.10 Å². The van der Waals surface area contributed by atoms with Gasteiger partial charge in [0.05, 0.1) is 11.6 Å². The molecule has 0 radical (unpaired) electrons. The fourth-order valence-corrected chi connectivity index (χ4v) is 2.50. The Bertz CT molecular complexity index is 579. The lowest BCUT2D eigenvalue weighted by atomic mass is 9.98. The van der Waals surface area contributed by atoms with Crippen LogP contribution in [0.2, 0.25) is 0 Å². The molecule has 1 atom stereocenters. The number of rotatable bonds is 3. The third-order valence-electron chi connectivity index (χ3n) is 3.61. The third kappa shape index (κ3) is 3.83. The molecule has 2 heterocycles. The van der Waals surface area contributed by atoms with Crippen molar-refractivity contribution in [3.63, 3.8) is 0 Å². The Labute approximate surface area is 129 Å². The first kappa shape index (κ1) is 15.5. The summed E-state index contributed by atoms with van der Waals surface area (Å²) < 4.78 is 0. The number of nitrogens with zero attached hydrogens (tertiary/aromatic N) is 1. The highest BCUT2D eigenvalue weighted by Gasteiger charge is 2.20. The van der Waals surface area contributed by atoms with Gasteiger partial charge in [-0.3, -0.25) is 9.89 Å². The molecule has 1 saturated heterocycles. The summed E-state index contributed by atoms with van der Waals surface area (Å²) in [6.45, 7) is 1.78. The molecule has 5 nitrogen and oxygen atoms in total. The first-order chi connectivity index (χ1) is 9.83. The minimum Gasteiger partial charge on any atom is -0.326 e. The van der Waals surface area contributed by atoms with Gasteiger partial charge >= 0.3 is 0 Å². The number of carbonyl (C=O) groups is 1. The van der Waals surface area contributed by atoms with Crippen molar-refractivity contribution in [2.24, 2.45) is 5.92 Å². The van der Waals surface area contributed by atoms with E-state index in [0.29, 0.717) is 0 Å². The van der Waals surface area contributed by atoms with Crippen LogP contribution in [0.3, 0.4) is 0 Å². The Balaban J connectivity index is 0.00000161. The van der Waals surface area contributed by atoms with Crippen molar-refractivity contribution in [2.75, 3.05) is 18.4 Å². The number of aromatic nitrogens is 2. The SMILES string of the molecule is Cl.O=C(Nc1cccc(-c2ccn[nH]2)c1)C1CCCNC1. The summed E-state index contributed by atoms with van der Waals surface area (Å²) in [4.78, 5) is 12.2. The van der Waals surface area contributed by atoms with Crippen LogP contribution >= 0.6 is 12.4 Å². The maximum atomic E-state index is 12.2. The number of amides is 1. The predicted molar refractivity (Wildman–Crippen MR) is 85.5 cm³/mol. The molecule has 1 amide bonds. The van der Waals surface area contributed by atoms with Gasteiger partial charge in [-0.15, -0.1) is 12.4 Å². The van der Waals surface area contributed by atoms with E-state index in [9.17, 15) is 4.79 Å². The van der Waals surface area contributed by atoms with Crippen LogP contribution in [-0.2, 0) is 4.79 Å². The molecule has 0 aliphatic carbocycles. The number of anilines is 1. The molecular formula is C15H19ClN4O. The normalized spacial score (nSPS) is 17.8. The zero-order chi connectivity index (χ0) is 13.8. The van der Waals surface area contributed by atoms with E-state index in [1.54, 1.807) is 6.20 Å². The number of carbonyl (C=O) groups excluding carboxylic acids is 1. The van der Waals surface area contributed by atoms with Crippen LogP contribution in [0.4, 0.5) is 5.69 Å². The summed E-state index contributed by atoms with van der Waals surface area (Å²) >= 11 is 0. The zero-order valence-electron chi connectivity index (χ0n) is 11.6. The van der Waals surface area contributed by atoms with Crippen LogP contribution in [0, 0.1) is 5.92 Å². The van der Waals surface area contributed by atoms with Crippen LogP contribution in [0.15, 0.2) is 36.5 Å². The van der Waals surface area contributed by atoms with Gasteiger partial charge in [0.25, 0.3) is 0 Å². The average Bonchev–Trinajstić information content (AvgIpc) is 3.03. The Hall–Kier alpha value is -1.85. The Morgan fingerprint density at radius 2 is 2.24 bits per heavy atom. The first-order valence-electron chi connectivity index (χ1n) is 6.94. The second-order valence-electron chi connectivity index (χ2n) is 5.08. The number of H-pyrrole nitrogens is 1. The number of hydrogen-bond acceptors (Lipinski definition) is 3. The minimum absolute atomic E-state index is 0. The number of piperidine rings is 1. The highest BCUT2D eigenvalue weighted by molar-refractivity contribution is 5.93. The second kappa shape index (κ2) is 7.24. The largest absolute Gasteiger partial charge is 0.326 e. The van der Waals surface area contributed by atoms with Crippen LogP contribution in [0.1, 0.15) is 12.8 Å². The van der Waals surface area contributed by atoms with Gasteiger partial charge in [0.2, 0.25) is 5.91 Å². The molecule has 1 aromatic carbocycles. The maximum absolute atomic E-state index is 12.2. The number of nitrogens with one attached hydrogen (secondary N) is 3. The first-order valence-corrected chi connectivity index (χ1v) is 6.94. The zero-order valence-corrected chi connectivity index (χ0v) is 12.5. The molecule has 0 spiro atoms. The fraction of sp³-hybridized carbons (Fsp3) is 0.333. The number of halogens is 1. The van der Waals surface area contributed by atoms with Crippen molar-refractivity contribution in [1.82, 2.24) is 15.5 Å². The van der Waals surface area contributed by atoms with Gasteiger partial charge in [0.15, 0.2) is 0 Å². The molecule has 112 valence electrons. The molecule has 1 unspecified atom stereocenters. The highest BCUT2D eigenvalue weighted by atomic mass is 35.5. The van der Waals surface area contributed by atoms with Crippen molar-refractivity contribution >= 4 is 24.0 Å².